The van der Waals surface area contributed by atoms with Crippen molar-refractivity contribution >= 4 is 15.9 Å². The quantitative estimate of drug-likeness (QED) is 0.387. The van der Waals surface area contributed by atoms with E-state index >= 15 is 0 Å². The molecule has 1 aromatic carbocycles. The van der Waals surface area contributed by atoms with E-state index in [1.165, 1.54) is 57.3 Å². The molecule has 1 N–H and O–H groups in total. The molecule has 150 valence electrons. The fraction of sp³-hybridized carbons (Fsp3) is 0.714. The molecule has 0 spiro atoms. The van der Waals surface area contributed by atoms with Crippen LogP contribution in [0.1, 0.15) is 58.4 Å². The van der Waals surface area contributed by atoms with Crippen LogP contribution < -0.4 is 14.8 Å². The van der Waals surface area contributed by atoms with E-state index < -0.39 is 0 Å². The second-order valence-corrected chi connectivity index (χ2v) is 7.48. The number of halogens is 1. The van der Waals surface area contributed by atoms with Crippen molar-refractivity contribution in [2.75, 3.05) is 39.9 Å². The van der Waals surface area contributed by atoms with Gasteiger partial charge in [0, 0.05) is 6.54 Å². The summed E-state index contributed by atoms with van der Waals surface area (Å²) in [5.74, 6) is 1.56. The summed E-state index contributed by atoms with van der Waals surface area (Å²) < 4.78 is 12.1. The Balaban J connectivity index is 2.41. The summed E-state index contributed by atoms with van der Waals surface area (Å²) in [6, 6.07) is 4.16. The van der Waals surface area contributed by atoms with E-state index in [1.54, 1.807) is 7.11 Å². The molecule has 0 saturated heterocycles. The molecule has 0 aromatic heterocycles. The first-order valence-corrected chi connectivity index (χ1v) is 10.9. The van der Waals surface area contributed by atoms with Crippen LogP contribution >= 0.6 is 15.9 Å². The fourth-order valence-electron chi connectivity index (χ4n) is 2.92. The lowest BCUT2D eigenvalue weighted by Gasteiger charge is -2.22. The van der Waals surface area contributed by atoms with Gasteiger partial charge in [0.2, 0.25) is 0 Å². The number of nitrogens with one attached hydrogen (secondary N) is 1. The highest BCUT2D eigenvalue weighted by molar-refractivity contribution is 9.10. The van der Waals surface area contributed by atoms with Crippen molar-refractivity contribution in [3.63, 3.8) is 0 Å². The monoisotopic (exact) mass is 428 g/mol. The van der Waals surface area contributed by atoms with Crippen LogP contribution in [-0.4, -0.2) is 44.8 Å². The van der Waals surface area contributed by atoms with E-state index in [2.05, 4.69) is 52.1 Å². The molecule has 0 unspecified atom stereocenters. The third-order valence-corrected chi connectivity index (χ3v) is 4.98. The Morgan fingerprint density at radius 2 is 1.65 bits per heavy atom. The summed E-state index contributed by atoms with van der Waals surface area (Å²) in [4.78, 5) is 2.62. The maximum absolute atomic E-state index is 5.65. The molecular formula is C21H37BrN2O2. The maximum atomic E-state index is 5.65. The van der Waals surface area contributed by atoms with Gasteiger partial charge in [0.05, 0.1) is 18.2 Å². The first kappa shape index (κ1) is 23.3. The van der Waals surface area contributed by atoms with E-state index in [9.17, 15) is 0 Å². The lowest BCUT2D eigenvalue weighted by Crippen LogP contribution is -2.29. The summed E-state index contributed by atoms with van der Waals surface area (Å²) in [5.41, 5.74) is 1.20. The molecule has 5 heteroatoms. The normalized spacial score (nSPS) is 11.2. The number of rotatable bonds is 15. The zero-order valence-corrected chi connectivity index (χ0v) is 18.7. The molecule has 0 saturated carbocycles. The van der Waals surface area contributed by atoms with E-state index in [1.807, 2.05) is 6.92 Å². The van der Waals surface area contributed by atoms with Gasteiger partial charge in [-0.3, -0.25) is 0 Å². The number of ether oxygens (including phenoxy) is 2. The van der Waals surface area contributed by atoms with Crippen molar-refractivity contribution in [2.45, 2.75) is 59.4 Å². The molecule has 0 radical (unpaired) electrons. The Morgan fingerprint density at radius 1 is 1.00 bits per heavy atom. The maximum Gasteiger partial charge on any atom is 0.175 e. The van der Waals surface area contributed by atoms with Crippen LogP contribution in [0.4, 0.5) is 0 Å². The van der Waals surface area contributed by atoms with Crippen molar-refractivity contribution < 1.29 is 9.47 Å². The summed E-state index contributed by atoms with van der Waals surface area (Å²) in [7, 11) is 1.68. The Kier molecular flexibility index (Phi) is 12.8. The summed E-state index contributed by atoms with van der Waals surface area (Å²) in [6.07, 6.45) is 6.34. The van der Waals surface area contributed by atoms with Gasteiger partial charge >= 0.3 is 0 Å². The Bertz CT molecular complexity index is 489. The van der Waals surface area contributed by atoms with Gasteiger partial charge in [-0.2, -0.15) is 0 Å². The van der Waals surface area contributed by atoms with Crippen molar-refractivity contribution in [1.82, 2.24) is 10.2 Å². The second kappa shape index (κ2) is 14.3. The minimum atomic E-state index is 0.624. The zero-order chi connectivity index (χ0) is 19.2. The average molecular weight is 429 g/mol. The molecule has 1 rings (SSSR count). The van der Waals surface area contributed by atoms with E-state index in [4.69, 9.17) is 9.47 Å². The van der Waals surface area contributed by atoms with E-state index in [0.29, 0.717) is 6.61 Å². The minimum absolute atomic E-state index is 0.624. The van der Waals surface area contributed by atoms with Gasteiger partial charge < -0.3 is 19.7 Å². The molecule has 4 nitrogen and oxygen atoms in total. The van der Waals surface area contributed by atoms with Crippen LogP contribution in [0.25, 0.3) is 0 Å². The van der Waals surface area contributed by atoms with Gasteiger partial charge in [-0.25, -0.2) is 0 Å². The Labute approximate surface area is 168 Å². The summed E-state index contributed by atoms with van der Waals surface area (Å²) >= 11 is 3.59. The SMILES string of the molecule is CCCCN(CCCC)CCCNCc1cc(Br)c(OCC)c(OC)c1. The van der Waals surface area contributed by atoms with Crippen molar-refractivity contribution in [3.05, 3.63) is 22.2 Å². The predicted molar refractivity (Wildman–Crippen MR) is 114 cm³/mol. The molecule has 1 aromatic rings. The first-order valence-electron chi connectivity index (χ1n) is 10.1. The van der Waals surface area contributed by atoms with E-state index in [-0.39, 0.29) is 0 Å². The molecule has 0 atom stereocenters. The average Bonchev–Trinajstić information content (AvgIpc) is 2.64. The van der Waals surface area contributed by atoms with Gasteiger partial charge in [0.1, 0.15) is 0 Å². The minimum Gasteiger partial charge on any atom is -0.493 e. The van der Waals surface area contributed by atoms with Gasteiger partial charge in [0.25, 0.3) is 0 Å². The van der Waals surface area contributed by atoms with Crippen LogP contribution in [0, 0.1) is 0 Å². The van der Waals surface area contributed by atoms with Crippen molar-refractivity contribution in [2.24, 2.45) is 0 Å². The van der Waals surface area contributed by atoms with Crippen LogP contribution in [0.3, 0.4) is 0 Å². The third-order valence-electron chi connectivity index (χ3n) is 4.39. The number of unbranched alkanes of at least 4 members (excludes halogenated alkanes) is 2. The van der Waals surface area contributed by atoms with Gasteiger partial charge in [-0.1, -0.05) is 26.7 Å². The molecule has 0 heterocycles. The number of methoxy groups -OCH3 is 1. The standard InChI is InChI=1S/C21H37BrN2O2/c1-5-8-12-24(13-9-6-2)14-10-11-23-17-18-15-19(22)21(26-7-3)20(16-18)25-4/h15-16,23H,5-14,17H2,1-4H3. The lowest BCUT2D eigenvalue weighted by molar-refractivity contribution is 0.261. The topological polar surface area (TPSA) is 33.7 Å². The molecule has 0 amide bonds. The van der Waals surface area contributed by atoms with Crippen molar-refractivity contribution in [1.29, 1.82) is 0 Å². The summed E-state index contributed by atoms with van der Waals surface area (Å²) in [6.45, 7) is 12.7. The Hall–Kier alpha value is -0.780. The molecule has 0 aliphatic heterocycles. The summed E-state index contributed by atoms with van der Waals surface area (Å²) in [5, 5.41) is 3.56. The largest absolute Gasteiger partial charge is 0.493 e. The predicted octanol–water partition coefficient (Wildman–Crippen LogP) is 5.24. The molecule has 0 aliphatic carbocycles. The number of benzene rings is 1. The number of hydrogen-bond acceptors (Lipinski definition) is 4. The molecule has 0 fully saturated rings. The molecule has 26 heavy (non-hydrogen) atoms. The van der Waals surface area contributed by atoms with Crippen molar-refractivity contribution in [3.8, 4) is 11.5 Å². The smallest absolute Gasteiger partial charge is 0.175 e. The molecular weight excluding hydrogens is 392 g/mol. The van der Waals surface area contributed by atoms with Crippen LogP contribution in [-0.2, 0) is 6.54 Å². The first-order chi connectivity index (χ1) is 12.7. The van der Waals surface area contributed by atoms with Crippen LogP contribution in [0.2, 0.25) is 0 Å². The number of nitrogens with zero attached hydrogens (tertiary/aromatic N) is 1. The van der Waals surface area contributed by atoms with E-state index in [0.717, 1.165) is 29.1 Å². The fourth-order valence-corrected chi connectivity index (χ4v) is 3.52. The van der Waals surface area contributed by atoms with Gasteiger partial charge in [-0.05, 0) is 86.0 Å². The second-order valence-electron chi connectivity index (χ2n) is 6.62. The van der Waals surface area contributed by atoms with Gasteiger partial charge in [-0.15, -0.1) is 0 Å². The highest BCUT2D eigenvalue weighted by atomic mass is 79.9. The molecule has 0 aliphatic rings. The molecule has 0 bridgehead atoms. The van der Waals surface area contributed by atoms with Crippen LogP contribution in [0.5, 0.6) is 11.5 Å². The Morgan fingerprint density at radius 3 is 2.23 bits per heavy atom. The highest BCUT2D eigenvalue weighted by Crippen LogP contribution is 2.36. The highest BCUT2D eigenvalue weighted by Gasteiger charge is 2.11. The lowest BCUT2D eigenvalue weighted by atomic mass is 10.2. The number of hydrogen-bond donors (Lipinski definition) is 1. The third kappa shape index (κ3) is 8.74. The van der Waals surface area contributed by atoms with Gasteiger partial charge in [0.15, 0.2) is 11.5 Å². The van der Waals surface area contributed by atoms with Crippen LogP contribution in [0.15, 0.2) is 16.6 Å². The zero-order valence-electron chi connectivity index (χ0n) is 17.1.